The fraction of sp³-hybridized carbons (Fsp3) is 0.524. The predicted molar refractivity (Wildman–Crippen MR) is 101 cm³/mol. The van der Waals surface area contributed by atoms with E-state index in [1.807, 2.05) is 18.2 Å². The molecule has 0 saturated carbocycles. The number of aryl methyl sites for hydroxylation is 1. The number of aromatic nitrogens is 1. The van der Waals surface area contributed by atoms with Gasteiger partial charge in [-0.25, -0.2) is 0 Å². The van der Waals surface area contributed by atoms with E-state index >= 15 is 0 Å². The summed E-state index contributed by atoms with van der Waals surface area (Å²) >= 11 is 0. The topological polar surface area (TPSA) is 36.4 Å². The van der Waals surface area contributed by atoms with Crippen molar-refractivity contribution in [3.63, 3.8) is 0 Å². The van der Waals surface area contributed by atoms with Crippen LogP contribution in [0, 0.1) is 5.92 Å². The summed E-state index contributed by atoms with van der Waals surface area (Å²) in [6, 6.07) is 8.12. The Morgan fingerprint density at radius 3 is 2.64 bits per heavy atom. The number of carbonyl (C=O) groups excluding carboxylic acids is 1. The summed E-state index contributed by atoms with van der Waals surface area (Å²) in [5.41, 5.74) is 4.23. The normalized spacial score (nSPS) is 18.1. The van der Waals surface area contributed by atoms with E-state index in [1.165, 1.54) is 5.56 Å². The largest absolute Gasteiger partial charge is 0.336 e. The lowest BCUT2D eigenvalue weighted by Crippen LogP contribution is -2.49. The van der Waals surface area contributed by atoms with Gasteiger partial charge in [0.1, 0.15) is 0 Å². The first-order valence-electron chi connectivity index (χ1n) is 9.55. The minimum atomic E-state index is 0.209. The summed E-state index contributed by atoms with van der Waals surface area (Å²) in [4.78, 5) is 22.7. The van der Waals surface area contributed by atoms with E-state index in [-0.39, 0.29) is 5.91 Å². The maximum absolute atomic E-state index is 13.4. The molecule has 1 aromatic carbocycles. The second kappa shape index (κ2) is 6.75. The maximum atomic E-state index is 13.4. The number of hydrogen-bond acceptors (Lipinski definition) is 3. The number of rotatable bonds is 3. The molecule has 0 spiro atoms. The van der Waals surface area contributed by atoms with Crippen molar-refractivity contribution in [3.8, 4) is 0 Å². The third-order valence-corrected chi connectivity index (χ3v) is 5.42. The van der Waals surface area contributed by atoms with Gasteiger partial charge in [0, 0.05) is 43.8 Å². The Balaban J connectivity index is 1.63. The summed E-state index contributed by atoms with van der Waals surface area (Å²) in [7, 11) is 0. The number of fused-ring (bicyclic) bond motifs is 2. The molecular weight excluding hydrogens is 310 g/mol. The second-order valence-electron chi connectivity index (χ2n) is 7.77. The van der Waals surface area contributed by atoms with Crippen molar-refractivity contribution in [2.75, 3.05) is 32.7 Å². The van der Waals surface area contributed by atoms with Crippen molar-refractivity contribution in [2.24, 2.45) is 5.92 Å². The number of benzene rings is 1. The van der Waals surface area contributed by atoms with Crippen LogP contribution in [0.3, 0.4) is 0 Å². The van der Waals surface area contributed by atoms with Crippen LogP contribution in [0.25, 0.3) is 10.9 Å². The maximum Gasteiger partial charge on any atom is 0.254 e. The molecule has 0 unspecified atom stereocenters. The van der Waals surface area contributed by atoms with Crippen LogP contribution < -0.4 is 0 Å². The monoisotopic (exact) mass is 337 g/mol. The predicted octanol–water partition coefficient (Wildman–Crippen LogP) is 3.14. The summed E-state index contributed by atoms with van der Waals surface area (Å²) in [6.45, 7) is 9.25. The fourth-order valence-electron chi connectivity index (χ4n) is 4.26. The highest BCUT2D eigenvalue weighted by atomic mass is 16.2. The van der Waals surface area contributed by atoms with Gasteiger partial charge in [-0.2, -0.15) is 0 Å². The van der Waals surface area contributed by atoms with Crippen molar-refractivity contribution in [1.82, 2.24) is 14.8 Å². The number of nitrogens with zero attached hydrogens (tertiary/aromatic N) is 3. The second-order valence-corrected chi connectivity index (χ2v) is 7.77. The number of para-hydroxylation sites is 1. The van der Waals surface area contributed by atoms with E-state index < -0.39 is 0 Å². The van der Waals surface area contributed by atoms with Crippen molar-refractivity contribution in [1.29, 1.82) is 0 Å². The Morgan fingerprint density at radius 2 is 1.88 bits per heavy atom. The molecule has 1 fully saturated rings. The molecule has 4 nitrogen and oxygen atoms in total. The van der Waals surface area contributed by atoms with E-state index in [9.17, 15) is 4.79 Å². The van der Waals surface area contributed by atoms with Gasteiger partial charge in [-0.3, -0.25) is 14.7 Å². The van der Waals surface area contributed by atoms with Crippen LogP contribution in [-0.2, 0) is 12.8 Å². The standard InChI is InChI=1S/C21H27N3O/c1-15(2)14-23-10-12-24(13-11-23)21(25)20-16-6-3-4-8-18(16)22-19-9-5-7-17(19)20/h3-4,6,8,15H,5,7,9-14H2,1-2H3. The van der Waals surface area contributed by atoms with Gasteiger partial charge in [-0.05, 0) is 36.8 Å². The molecule has 1 aliphatic heterocycles. The van der Waals surface area contributed by atoms with E-state index in [0.29, 0.717) is 5.92 Å². The Bertz CT molecular complexity index is 791. The van der Waals surface area contributed by atoms with Crippen LogP contribution in [0.5, 0.6) is 0 Å². The lowest BCUT2D eigenvalue weighted by Gasteiger charge is -2.36. The van der Waals surface area contributed by atoms with Gasteiger partial charge in [0.15, 0.2) is 0 Å². The van der Waals surface area contributed by atoms with E-state index in [1.54, 1.807) is 0 Å². The van der Waals surface area contributed by atoms with Gasteiger partial charge in [0.2, 0.25) is 0 Å². The average molecular weight is 337 g/mol. The molecule has 0 atom stereocenters. The van der Waals surface area contributed by atoms with Crippen molar-refractivity contribution in [3.05, 3.63) is 41.1 Å². The van der Waals surface area contributed by atoms with Gasteiger partial charge in [0.25, 0.3) is 5.91 Å². The molecule has 2 heterocycles. The zero-order valence-electron chi connectivity index (χ0n) is 15.3. The third-order valence-electron chi connectivity index (χ3n) is 5.42. The first-order chi connectivity index (χ1) is 12.1. The molecule has 2 aromatic rings. The van der Waals surface area contributed by atoms with Crippen LogP contribution in [0.4, 0.5) is 0 Å². The SMILES string of the molecule is CC(C)CN1CCN(C(=O)c2c3c(nc4ccccc24)CCC3)CC1. The third kappa shape index (κ3) is 3.15. The number of hydrogen-bond donors (Lipinski definition) is 0. The molecular formula is C21H27N3O. The Labute approximate surface area is 149 Å². The molecule has 0 N–H and O–H groups in total. The van der Waals surface area contributed by atoms with Crippen molar-refractivity contribution >= 4 is 16.8 Å². The Kier molecular flexibility index (Phi) is 4.46. The smallest absolute Gasteiger partial charge is 0.254 e. The van der Waals surface area contributed by atoms with Crippen molar-refractivity contribution in [2.45, 2.75) is 33.1 Å². The average Bonchev–Trinajstić information content (AvgIpc) is 3.07. The van der Waals surface area contributed by atoms with Gasteiger partial charge in [0.05, 0.1) is 11.1 Å². The lowest BCUT2D eigenvalue weighted by atomic mass is 9.99. The van der Waals surface area contributed by atoms with E-state index in [0.717, 1.165) is 74.1 Å². The summed E-state index contributed by atoms with van der Waals surface area (Å²) in [6.07, 6.45) is 3.10. The van der Waals surface area contributed by atoms with Gasteiger partial charge in [-0.15, -0.1) is 0 Å². The molecule has 1 saturated heterocycles. The molecule has 1 amide bonds. The zero-order valence-corrected chi connectivity index (χ0v) is 15.3. The van der Waals surface area contributed by atoms with Crippen LogP contribution in [0.2, 0.25) is 0 Å². The van der Waals surface area contributed by atoms with Crippen LogP contribution in [-0.4, -0.2) is 53.4 Å². The first-order valence-corrected chi connectivity index (χ1v) is 9.55. The minimum absolute atomic E-state index is 0.209. The molecule has 2 aliphatic rings. The Morgan fingerprint density at radius 1 is 1.12 bits per heavy atom. The van der Waals surface area contributed by atoms with E-state index in [2.05, 4.69) is 29.7 Å². The molecule has 1 aliphatic carbocycles. The van der Waals surface area contributed by atoms with Gasteiger partial charge >= 0.3 is 0 Å². The van der Waals surface area contributed by atoms with Crippen LogP contribution >= 0.6 is 0 Å². The number of piperazine rings is 1. The summed E-state index contributed by atoms with van der Waals surface area (Å²) < 4.78 is 0. The molecule has 25 heavy (non-hydrogen) atoms. The van der Waals surface area contributed by atoms with Gasteiger partial charge in [-0.1, -0.05) is 32.0 Å². The quantitative estimate of drug-likeness (QED) is 0.863. The number of carbonyl (C=O) groups is 1. The summed E-state index contributed by atoms with van der Waals surface area (Å²) in [5, 5.41) is 1.03. The molecule has 132 valence electrons. The molecule has 0 radical (unpaired) electrons. The van der Waals surface area contributed by atoms with Crippen LogP contribution in [0.15, 0.2) is 24.3 Å². The molecule has 4 heteroatoms. The Hall–Kier alpha value is -1.94. The molecule has 0 bridgehead atoms. The molecule has 1 aromatic heterocycles. The van der Waals surface area contributed by atoms with Crippen LogP contribution in [0.1, 0.15) is 41.9 Å². The molecule has 4 rings (SSSR count). The highest BCUT2D eigenvalue weighted by Gasteiger charge is 2.28. The minimum Gasteiger partial charge on any atom is -0.336 e. The summed E-state index contributed by atoms with van der Waals surface area (Å²) in [5.74, 6) is 0.885. The number of amides is 1. The fourth-order valence-corrected chi connectivity index (χ4v) is 4.26. The highest BCUT2D eigenvalue weighted by Crippen LogP contribution is 2.31. The highest BCUT2D eigenvalue weighted by molar-refractivity contribution is 6.07. The zero-order chi connectivity index (χ0) is 17.4. The first kappa shape index (κ1) is 16.5. The van der Waals surface area contributed by atoms with E-state index in [4.69, 9.17) is 4.98 Å². The van der Waals surface area contributed by atoms with Crippen molar-refractivity contribution < 1.29 is 4.79 Å². The number of pyridine rings is 1. The lowest BCUT2D eigenvalue weighted by molar-refractivity contribution is 0.0624. The van der Waals surface area contributed by atoms with Gasteiger partial charge < -0.3 is 4.90 Å².